The first kappa shape index (κ1) is 15.3. The summed E-state index contributed by atoms with van der Waals surface area (Å²) in [6, 6.07) is 18.3. The lowest BCUT2D eigenvalue weighted by Gasteiger charge is -2.11. The van der Waals surface area contributed by atoms with E-state index in [2.05, 4.69) is 30.3 Å². The zero-order chi connectivity index (χ0) is 15.1. The van der Waals surface area contributed by atoms with Crippen LogP contribution in [-0.4, -0.2) is 19.7 Å². The molecular weight excluding hydrogens is 260 g/mol. The average molecular weight is 282 g/mol. The number of methoxy groups -OCH3 is 1. The van der Waals surface area contributed by atoms with Gasteiger partial charge in [0.25, 0.3) is 0 Å². The Kier molecular flexibility index (Phi) is 5.55. The van der Waals surface area contributed by atoms with Gasteiger partial charge in [0.05, 0.1) is 7.11 Å². The summed E-state index contributed by atoms with van der Waals surface area (Å²) in [5, 5.41) is 0. The molecule has 21 heavy (non-hydrogen) atoms. The first-order valence-electron chi connectivity index (χ1n) is 7.10. The minimum absolute atomic E-state index is 0.0121. The van der Waals surface area contributed by atoms with E-state index in [0.717, 1.165) is 17.7 Å². The number of hydrogen-bond donors (Lipinski definition) is 2. The average Bonchev–Trinajstić information content (AvgIpc) is 2.56. The number of hydrogen-bond acceptors (Lipinski definition) is 3. The summed E-state index contributed by atoms with van der Waals surface area (Å²) in [6.45, 7) is 0.487. The van der Waals surface area contributed by atoms with Crippen molar-refractivity contribution in [3.8, 4) is 5.75 Å². The van der Waals surface area contributed by atoms with Crippen LogP contribution in [0.15, 0.2) is 60.7 Å². The third-order valence-corrected chi connectivity index (χ3v) is 3.41. The molecule has 0 saturated heterocycles. The molecular formula is C18H22N2O. The van der Waals surface area contributed by atoms with Crippen molar-refractivity contribution in [3.05, 3.63) is 71.8 Å². The SMILES string of the molecule is COc1ccc(C(=CCC(N)CN)c2ccccc2)cc1. The van der Waals surface area contributed by atoms with Crippen molar-refractivity contribution in [2.75, 3.05) is 13.7 Å². The number of nitrogens with two attached hydrogens (primary N) is 2. The molecule has 2 aromatic carbocycles. The van der Waals surface area contributed by atoms with Gasteiger partial charge in [0, 0.05) is 12.6 Å². The van der Waals surface area contributed by atoms with Gasteiger partial charge in [-0.05, 0) is 35.3 Å². The molecule has 2 aromatic rings. The van der Waals surface area contributed by atoms with Crippen molar-refractivity contribution in [2.24, 2.45) is 11.5 Å². The van der Waals surface area contributed by atoms with Crippen molar-refractivity contribution < 1.29 is 4.74 Å². The first-order valence-corrected chi connectivity index (χ1v) is 7.10. The van der Waals surface area contributed by atoms with Gasteiger partial charge in [-0.1, -0.05) is 48.5 Å². The van der Waals surface area contributed by atoms with E-state index in [0.29, 0.717) is 6.54 Å². The molecule has 1 unspecified atom stereocenters. The maximum absolute atomic E-state index is 5.93. The smallest absolute Gasteiger partial charge is 0.118 e. The topological polar surface area (TPSA) is 61.3 Å². The van der Waals surface area contributed by atoms with Crippen molar-refractivity contribution in [1.82, 2.24) is 0 Å². The molecule has 0 aliphatic heterocycles. The molecule has 3 nitrogen and oxygen atoms in total. The molecule has 2 rings (SSSR count). The van der Waals surface area contributed by atoms with Crippen LogP contribution in [0.1, 0.15) is 17.5 Å². The molecule has 0 amide bonds. The summed E-state index contributed by atoms with van der Waals surface area (Å²) in [5.41, 5.74) is 15.0. The lowest BCUT2D eigenvalue weighted by molar-refractivity contribution is 0.415. The zero-order valence-electron chi connectivity index (χ0n) is 12.3. The van der Waals surface area contributed by atoms with Crippen LogP contribution in [0.25, 0.3) is 5.57 Å². The van der Waals surface area contributed by atoms with E-state index in [1.54, 1.807) is 7.11 Å². The maximum atomic E-state index is 5.93. The van der Waals surface area contributed by atoms with Gasteiger partial charge in [0.15, 0.2) is 0 Å². The van der Waals surface area contributed by atoms with Crippen LogP contribution in [0.4, 0.5) is 0 Å². The van der Waals surface area contributed by atoms with E-state index in [-0.39, 0.29) is 6.04 Å². The molecule has 4 N–H and O–H groups in total. The van der Waals surface area contributed by atoms with Crippen LogP contribution < -0.4 is 16.2 Å². The summed E-state index contributed by atoms with van der Waals surface area (Å²) >= 11 is 0. The minimum Gasteiger partial charge on any atom is -0.497 e. The molecule has 0 aromatic heterocycles. The van der Waals surface area contributed by atoms with Crippen molar-refractivity contribution >= 4 is 5.57 Å². The molecule has 0 bridgehead atoms. The van der Waals surface area contributed by atoms with Gasteiger partial charge >= 0.3 is 0 Å². The summed E-state index contributed by atoms with van der Waals surface area (Å²) in [6.07, 6.45) is 2.92. The molecule has 0 radical (unpaired) electrons. The fourth-order valence-corrected chi connectivity index (χ4v) is 2.16. The van der Waals surface area contributed by atoms with Crippen LogP contribution in [-0.2, 0) is 0 Å². The Morgan fingerprint density at radius 2 is 1.67 bits per heavy atom. The minimum atomic E-state index is -0.0121. The summed E-state index contributed by atoms with van der Waals surface area (Å²) in [7, 11) is 1.67. The third kappa shape index (κ3) is 4.18. The quantitative estimate of drug-likeness (QED) is 0.856. The van der Waals surface area contributed by atoms with Crippen LogP contribution in [0.2, 0.25) is 0 Å². The largest absolute Gasteiger partial charge is 0.497 e. The molecule has 0 aliphatic carbocycles. The molecule has 0 saturated carbocycles. The van der Waals surface area contributed by atoms with Gasteiger partial charge < -0.3 is 16.2 Å². The molecule has 3 heteroatoms. The van der Waals surface area contributed by atoms with E-state index in [4.69, 9.17) is 16.2 Å². The summed E-state index contributed by atoms with van der Waals surface area (Å²) in [5.74, 6) is 0.852. The van der Waals surface area contributed by atoms with Gasteiger partial charge in [-0.15, -0.1) is 0 Å². The Labute approximate surface area is 126 Å². The Bertz CT molecular complexity index is 576. The number of rotatable bonds is 6. The fourth-order valence-electron chi connectivity index (χ4n) is 2.16. The van der Waals surface area contributed by atoms with Gasteiger partial charge in [0.2, 0.25) is 0 Å². The third-order valence-electron chi connectivity index (χ3n) is 3.41. The van der Waals surface area contributed by atoms with Gasteiger partial charge in [-0.3, -0.25) is 0 Å². The van der Waals surface area contributed by atoms with Gasteiger partial charge in [-0.2, -0.15) is 0 Å². The van der Waals surface area contributed by atoms with Crippen LogP contribution in [0.3, 0.4) is 0 Å². The lowest BCUT2D eigenvalue weighted by atomic mass is 9.96. The van der Waals surface area contributed by atoms with Crippen LogP contribution >= 0.6 is 0 Å². The second-order valence-corrected chi connectivity index (χ2v) is 4.94. The molecule has 0 heterocycles. The highest BCUT2D eigenvalue weighted by Gasteiger charge is 2.06. The predicted octanol–water partition coefficient (Wildman–Crippen LogP) is 2.80. The number of benzene rings is 2. The van der Waals surface area contributed by atoms with E-state index in [1.165, 1.54) is 11.1 Å². The predicted molar refractivity (Wildman–Crippen MR) is 88.2 cm³/mol. The van der Waals surface area contributed by atoms with Crippen molar-refractivity contribution in [1.29, 1.82) is 0 Å². The highest BCUT2D eigenvalue weighted by molar-refractivity contribution is 5.79. The van der Waals surface area contributed by atoms with E-state index >= 15 is 0 Å². The second kappa shape index (κ2) is 7.62. The first-order chi connectivity index (χ1) is 10.2. The van der Waals surface area contributed by atoms with Crippen LogP contribution in [0.5, 0.6) is 5.75 Å². The monoisotopic (exact) mass is 282 g/mol. The molecule has 0 fully saturated rings. The Balaban J connectivity index is 2.35. The van der Waals surface area contributed by atoms with E-state index in [9.17, 15) is 0 Å². The van der Waals surface area contributed by atoms with Gasteiger partial charge in [-0.25, -0.2) is 0 Å². The van der Waals surface area contributed by atoms with Crippen molar-refractivity contribution in [3.63, 3.8) is 0 Å². The normalized spacial score (nSPS) is 13.0. The maximum Gasteiger partial charge on any atom is 0.118 e. The second-order valence-electron chi connectivity index (χ2n) is 4.94. The Morgan fingerprint density at radius 1 is 1.05 bits per heavy atom. The van der Waals surface area contributed by atoms with Crippen LogP contribution in [0, 0.1) is 0 Å². The molecule has 0 spiro atoms. The summed E-state index contributed by atoms with van der Waals surface area (Å²) < 4.78 is 5.21. The molecule has 0 aliphatic rings. The fraction of sp³-hybridized carbons (Fsp3) is 0.222. The van der Waals surface area contributed by atoms with E-state index < -0.39 is 0 Å². The van der Waals surface area contributed by atoms with Gasteiger partial charge in [0.1, 0.15) is 5.75 Å². The molecule has 110 valence electrons. The highest BCUT2D eigenvalue weighted by Crippen LogP contribution is 2.25. The molecule has 1 atom stereocenters. The Hall–Kier alpha value is -2.10. The summed E-state index contributed by atoms with van der Waals surface area (Å²) in [4.78, 5) is 0. The van der Waals surface area contributed by atoms with E-state index in [1.807, 2.05) is 30.3 Å². The Morgan fingerprint density at radius 3 is 2.24 bits per heavy atom. The standard InChI is InChI=1S/C18H22N2O/c1-21-17-10-7-15(8-11-17)18(12-9-16(20)13-19)14-5-3-2-4-6-14/h2-8,10-12,16H,9,13,19-20H2,1H3. The lowest BCUT2D eigenvalue weighted by Crippen LogP contribution is -2.28. The number of ether oxygens (including phenoxy) is 1. The highest BCUT2D eigenvalue weighted by atomic mass is 16.5. The zero-order valence-corrected chi connectivity index (χ0v) is 12.3. The van der Waals surface area contributed by atoms with Crippen molar-refractivity contribution in [2.45, 2.75) is 12.5 Å².